The summed E-state index contributed by atoms with van der Waals surface area (Å²) in [5.74, 6) is 0.928. The van der Waals surface area contributed by atoms with Gasteiger partial charge in [0.2, 0.25) is 0 Å². The number of benzene rings is 1. The van der Waals surface area contributed by atoms with Crippen LogP contribution in [0, 0.1) is 0 Å². The van der Waals surface area contributed by atoms with Gasteiger partial charge in [-0.25, -0.2) is 0 Å². The highest BCUT2D eigenvalue weighted by Gasteiger charge is 1.96. The van der Waals surface area contributed by atoms with Gasteiger partial charge >= 0.3 is 0 Å². The second-order valence-electron chi connectivity index (χ2n) is 4.70. The first-order chi connectivity index (χ1) is 8.08. The summed E-state index contributed by atoms with van der Waals surface area (Å²) >= 11 is 0. The van der Waals surface area contributed by atoms with Gasteiger partial charge < -0.3 is 10.1 Å². The summed E-state index contributed by atoms with van der Waals surface area (Å²) in [6.07, 6.45) is 4.49. The highest BCUT2D eigenvalue weighted by atomic mass is 16.5. The molecule has 1 aromatic rings. The lowest BCUT2D eigenvalue weighted by atomic mass is 10.2. The zero-order valence-corrected chi connectivity index (χ0v) is 11.2. The van der Waals surface area contributed by atoms with Gasteiger partial charge in [-0.15, -0.1) is 0 Å². The summed E-state index contributed by atoms with van der Waals surface area (Å²) in [5.41, 5.74) is 1.20. The molecule has 1 aromatic carbocycles. The van der Waals surface area contributed by atoms with Crippen LogP contribution in [0.25, 0.3) is 6.08 Å². The molecule has 0 spiro atoms. The summed E-state index contributed by atoms with van der Waals surface area (Å²) in [6, 6.07) is 8.69. The number of ether oxygens (including phenoxy) is 1. The van der Waals surface area contributed by atoms with Crippen molar-refractivity contribution in [3.05, 3.63) is 35.9 Å². The van der Waals surface area contributed by atoms with E-state index in [1.807, 2.05) is 26.0 Å². The van der Waals surface area contributed by atoms with Crippen molar-refractivity contribution in [3.63, 3.8) is 0 Å². The molecule has 0 unspecified atom stereocenters. The van der Waals surface area contributed by atoms with Crippen LogP contribution >= 0.6 is 0 Å². The fourth-order valence-electron chi connectivity index (χ4n) is 1.43. The van der Waals surface area contributed by atoms with Gasteiger partial charge in [-0.3, -0.25) is 0 Å². The van der Waals surface area contributed by atoms with Crippen molar-refractivity contribution in [1.29, 1.82) is 0 Å². The van der Waals surface area contributed by atoms with Crippen molar-refractivity contribution in [2.75, 3.05) is 6.54 Å². The Morgan fingerprint density at radius 3 is 2.29 bits per heavy atom. The predicted molar refractivity (Wildman–Crippen MR) is 74.4 cm³/mol. The molecule has 0 aromatic heterocycles. The molecule has 1 rings (SSSR count). The fourth-order valence-corrected chi connectivity index (χ4v) is 1.43. The normalized spacial score (nSPS) is 11.6. The quantitative estimate of drug-likeness (QED) is 0.812. The van der Waals surface area contributed by atoms with Crippen LogP contribution in [0.2, 0.25) is 0 Å². The SMILES string of the molecule is CC(C)NCC=Cc1ccc(OC(C)C)cc1. The van der Waals surface area contributed by atoms with Gasteiger partial charge in [-0.1, -0.05) is 38.1 Å². The maximum atomic E-state index is 5.59. The largest absolute Gasteiger partial charge is 0.491 e. The zero-order chi connectivity index (χ0) is 12.7. The molecular formula is C15H23NO. The Bertz CT molecular complexity index is 338. The molecule has 0 atom stereocenters. The molecule has 0 fully saturated rings. The van der Waals surface area contributed by atoms with Crippen LogP contribution in [-0.2, 0) is 0 Å². The molecule has 0 saturated heterocycles. The van der Waals surface area contributed by atoms with Crippen molar-refractivity contribution in [1.82, 2.24) is 5.32 Å². The molecule has 0 aliphatic heterocycles. The van der Waals surface area contributed by atoms with E-state index in [9.17, 15) is 0 Å². The summed E-state index contributed by atoms with van der Waals surface area (Å²) in [7, 11) is 0. The monoisotopic (exact) mass is 233 g/mol. The van der Waals surface area contributed by atoms with Crippen molar-refractivity contribution in [2.45, 2.75) is 39.8 Å². The molecule has 0 radical (unpaired) electrons. The molecule has 0 aliphatic rings. The maximum Gasteiger partial charge on any atom is 0.119 e. The molecule has 2 heteroatoms. The molecule has 0 amide bonds. The van der Waals surface area contributed by atoms with Gasteiger partial charge in [0.05, 0.1) is 6.10 Å². The fraction of sp³-hybridized carbons (Fsp3) is 0.467. The number of nitrogens with one attached hydrogen (secondary N) is 1. The molecule has 1 N–H and O–H groups in total. The van der Waals surface area contributed by atoms with Crippen molar-refractivity contribution < 1.29 is 4.74 Å². The minimum Gasteiger partial charge on any atom is -0.491 e. The zero-order valence-electron chi connectivity index (χ0n) is 11.2. The second kappa shape index (κ2) is 7.13. The smallest absolute Gasteiger partial charge is 0.119 e. The molecule has 0 aliphatic carbocycles. The maximum absolute atomic E-state index is 5.59. The number of hydrogen-bond acceptors (Lipinski definition) is 2. The van der Waals surface area contributed by atoms with Crippen LogP contribution in [0.5, 0.6) is 5.75 Å². The molecule has 0 saturated carbocycles. The first-order valence-electron chi connectivity index (χ1n) is 6.24. The van der Waals surface area contributed by atoms with Gasteiger partial charge in [-0.2, -0.15) is 0 Å². The summed E-state index contributed by atoms with van der Waals surface area (Å²) < 4.78 is 5.59. The van der Waals surface area contributed by atoms with E-state index in [0.717, 1.165) is 12.3 Å². The molecule has 0 heterocycles. The Kier molecular flexibility index (Phi) is 5.78. The Labute approximate surface area is 105 Å². The Morgan fingerprint density at radius 1 is 1.12 bits per heavy atom. The third kappa shape index (κ3) is 6.12. The standard InChI is InChI=1S/C15H23NO/c1-12(2)16-11-5-6-14-7-9-15(10-8-14)17-13(3)4/h5-10,12-13,16H,11H2,1-4H3. The van der Waals surface area contributed by atoms with Gasteiger partial charge in [-0.05, 0) is 31.5 Å². The van der Waals surface area contributed by atoms with Crippen molar-refractivity contribution in [3.8, 4) is 5.75 Å². The molecular weight excluding hydrogens is 210 g/mol. The van der Waals surface area contributed by atoms with Crippen molar-refractivity contribution >= 4 is 6.08 Å². The third-order valence-electron chi connectivity index (χ3n) is 2.21. The van der Waals surface area contributed by atoms with E-state index in [1.54, 1.807) is 0 Å². The van der Waals surface area contributed by atoms with Crippen LogP contribution in [-0.4, -0.2) is 18.7 Å². The topological polar surface area (TPSA) is 21.3 Å². The minimum absolute atomic E-state index is 0.228. The van der Waals surface area contributed by atoms with Crippen LogP contribution in [0.4, 0.5) is 0 Å². The molecule has 94 valence electrons. The van der Waals surface area contributed by atoms with Gasteiger partial charge in [0, 0.05) is 12.6 Å². The lowest BCUT2D eigenvalue weighted by Crippen LogP contribution is -2.22. The number of hydrogen-bond donors (Lipinski definition) is 1. The van der Waals surface area contributed by atoms with E-state index in [0.29, 0.717) is 6.04 Å². The van der Waals surface area contributed by atoms with E-state index in [2.05, 4.69) is 43.4 Å². The summed E-state index contributed by atoms with van der Waals surface area (Å²) in [4.78, 5) is 0. The highest BCUT2D eigenvalue weighted by Crippen LogP contribution is 2.14. The Morgan fingerprint density at radius 2 is 1.76 bits per heavy atom. The van der Waals surface area contributed by atoms with E-state index in [4.69, 9.17) is 4.74 Å². The first-order valence-corrected chi connectivity index (χ1v) is 6.24. The lowest BCUT2D eigenvalue weighted by Gasteiger charge is -2.09. The summed E-state index contributed by atoms with van der Waals surface area (Å²) in [5, 5.41) is 3.34. The Balaban J connectivity index is 2.45. The molecule has 17 heavy (non-hydrogen) atoms. The lowest BCUT2D eigenvalue weighted by molar-refractivity contribution is 0.242. The van der Waals surface area contributed by atoms with Gasteiger partial charge in [0.1, 0.15) is 5.75 Å². The van der Waals surface area contributed by atoms with Crippen LogP contribution in [0.15, 0.2) is 30.3 Å². The van der Waals surface area contributed by atoms with E-state index in [1.165, 1.54) is 5.56 Å². The van der Waals surface area contributed by atoms with Gasteiger partial charge in [0.15, 0.2) is 0 Å². The van der Waals surface area contributed by atoms with Gasteiger partial charge in [0.25, 0.3) is 0 Å². The minimum atomic E-state index is 0.228. The molecule has 2 nitrogen and oxygen atoms in total. The summed E-state index contributed by atoms with van der Waals surface area (Å²) in [6.45, 7) is 9.26. The van der Waals surface area contributed by atoms with E-state index < -0.39 is 0 Å². The number of rotatable bonds is 6. The predicted octanol–water partition coefficient (Wildman–Crippen LogP) is 3.49. The van der Waals surface area contributed by atoms with E-state index >= 15 is 0 Å². The third-order valence-corrected chi connectivity index (χ3v) is 2.21. The second-order valence-corrected chi connectivity index (χ2v) is 4.70. The average molecular weight is 233 g/mol. The van der Waals surface area contributed by atoms with Crippen LogP contribution in [0.3, 0.4) is 0 Å². The molecule has 0 bridgehead atoms. The average Bonchev–Trinajstić information content (AvgIpc) is 2.25. The highest BCUT2D eigenvalue weighted by molar-refractivity contribution is 5.50. The van der Waals surface area contributed by atoms with E-state index in [-0.39, 0.29) is 6.10 Å². The first kappa shape index (κ1) is 13.8. The van der Waals surface area contributed by atoms with Crippen molar-refractivity contribution in [2.24, 2.45) is 0 Å². The Hall–Kier alpha value is -1.28. The van der Waals surface area contributed by atoms with Crippen LogP contribution in [0.1, 0.15) is 33.3 Å². The van der Waals surface area contributed by atoms with Crippen LogP contribution < -0.4 is 10.1 Å².